The highest BCUT2D eigenvalue weighted by Crippen LogP contribution is 2.18. The topological polar surface area (TPSA) is 59.8 Å². The Hall–Kier alpha value is -3.54. The van der Waals surface area contributed by atoms with E-state index in [0.29, 0.717) is 28.8 Å². The minimum absolute atomic E-state index is 0.190. The molecule has 27 heavy (non-hydrogen) atoms. The van der Waals surface area contributed by atoms with Crippen molar-refractivity contribution >= 4 is 22.5 Å². The van der Waals surface area contributed by atoms with E-state index in [1.807, 2.05) is 30.3 Å². The lowest BCUT2D eigenvalue weighted by Gasteiger charge is -2.13. The van der Waals surface area contributed by atoms with E-state index in [-0.39, 0.29) is 17.2 Å². The first-order chi connectivity index (χ1) is 13.1. The Morgan fingerprint density at radius 2 is 1.93 bits per heavy atom. The Morgan fingerprint density at radius 1 is 1.11 bits per heavy atom. The van der Waals surface area contributed by atoms with Crippen LogP contribution in [-0.2, 0) is 6.54 Å². The van der Waals surface area contributed by atoms with Crippen molar-refractivity contribution in [2.45, 2.75) is 13.5 Å². The van der Waals surface area contributed by atoms with Crippen LogP contribution in [0.2, 0.25) is 0 Å². The minimum atomic E-state index is -0.292. The van der Waals surface area contributed by atoms with Crippen LogP contribution in [0, 0.1) is 12.7 Å². The van der Waals surface area contributed by atoms with E-state index in [0.717, 1.165) is 5.56 Å². The summed E-state index contributed by atoms with van der Waals surface area (Å²) in [6.45, 7) is 2.08. The molecule has 4 aromatic rings. The van der Waals surface area contributed by atoms with Gasteiger partial charge in [-0.15, -0.1) is 0 Å². The number of benzene rings is 2. The van der Waals surface area contributed by atoms with Gasteiger partial charge in [0.25, 0.3) is 5.56 Å². The minimum Gasteiger partial charge on any atom is -0.336 e. The second kappa shape index (κ2) is 6.99. The van der Waals surface area contributed by atoms with Crippen molar-refractivity contribution in [3.05, 3.63) is 94.3 Å². The second-order valence-corrected chi connectivity index (χ2v) is 6.29. The third-order valence-electron chi connectivity index (χ3n) is 4.35. The summed E-state index contributed by atoms with van der Waals surface area (Å²) in [7, 11) is 0. The number of hydrogen-bond donors (Lipinski definition) is 1. The third kappa shape index (κ3) is 3.42. The first kappa shape index (κ1) is 16.9. The number of pyridine rings is 1. The molecular weight excluding hydrogens is 343 g/mol. The molecule has 0 fully saturated rings. The highest BCUT2D eigenvalue weighted by molar-refractivity contribution is 5.76. The van der Waals surface area contributed by atoms with E-state index in [4.69, 9.17) is 0 Å². The van der Waals surface area contributed by atoms with Gasteiger partial charge in [0.05, 0.1) is 23.8 Å². The molecule has 0 aliphatic heterocycles. The average molecular weight is 360 g/mol. The first-order valence-electron chi connectivity index (χ1n) is 8.53. The summed E-state index contributed by atoms with van der Waals surface area (Å²) in [5.41, 5.74) is 3.16. The zero-order valence-electron chi connectivity index (χ0n) is 14.7. The molecule has 0 saturated carbocycles. The fourth-order valence-electron chi connectivity index (χ4n) is 2.95. The van der Waals surface area contributed by atoms with Crippen LogP contribution in [0.3, 0.4) is 0 Å². The van der Waals surface area contributed by atoms with Crippen LogP contribution in [0.1, 0.15) is 11.1 Å². The molecule has 6 heteroatoms. The number of aryl methyl sites for hydroxylation is 1. The van der Waals surface area contributed by atoms with Crippen LogP contribution < -0.4 is 10.9 Å². The molecule has 5 nitrogen and oxygen atoms in total. The van der Waals surface area contributed by atoms with Gasteiger partial charge >= 0.3 is 0 Å². The summed E-state index contributed by atoms with van der Waals surface area (Å²) in [5.74, 6) is -0.102. The van der Waals surface area contributed by atoms with E-state index in [1.54, 1.807) is 42.1 Å². The molecule has 0 aliphatic rings. The average Bonchev–Trinajstić information content (AvgIpc) is 2.69. The van der Waals surface area contributed by atoms with Crippen molar-refractivity contribution in [1.82, 2.24) is 14.5 Å². The number of aromatic nitrogens is 3. The van der Waals surface area contributed by atoms with Gasteiger partial charge in [-0.25, -0.2) is 9.37 Å². The predicted octanol–water partition coefficient (Wildman–Crippen LogP) is 4.03. The quantitative estimate of drug-likeness (QED) is 0.597. The Morgan fingerprint density at radius 3 is 2.70 bits per heavy atom. The van der Waals surface area contributed by atoms with E-state index in [9.17, 15) is 9.18 Å². The van der Waals surface area contributed by atoms with E-state index < -0.39 is 0 Å². The second-order valence-electron chi connectivity index (χ2n) is 6.29. The van der Waals surface area contributed by atoms with Crippen molar-refractivity contribution < 1.29 is 4.39 Å². The maximum absolute atomic E-state index is 13.5. The van der Waals surface area contributed by atoms with Crippen LogP contribution in [0.5, 0.6) is 0 Å². The molecule has 0 bridgehead atoms. The van der Waals surface area contributed by atoms with Crippen LogP contribution in [-0.4, -0.2) is 14.5 Å². The smallest absolute Gasteiger partial charge is 0.294 e. The monoisotopic (exact) mass is 360 g/mol. The van der Waals surface area contributed by atoms with Gasteiger partial charge in [0.2, 0.25) is 0 Å². The normalized spacial score (nSPS) is 10.9. The largest absolute Gasteiger partial charge is 0.336 e. The van der Waals surface area contributed by atoms with E-state index >= 15 is 0 Å². The van der Waals surface area contributed by atoms with E-state index in [2.05, 4.69) is 15.3 Å². The summed E-state index contributed by atoms with van der Waals surface area (Å²) in [5, 5.41) is 3.03. The molecule has 0 radical (unpaired) electrons. The number of rotatable bonds is 4. The zero-order valence-corrected chi connectivity index (χ0v) is 14.7. The van der Waals surface area contributed by atoms with Crippen molar-refractivity contribution in [1.29, 1.82) is 0 Å². The molecule has 0 amide bonds. The lowest BCUT2D eigenvalue weighted by Crippen LogP contribution is -2.25. The Kier molecular flexibility index (Phi) is 4.38. The first-order valence-corrected chi connectivity index (χ1v) is 8.53. The van der Waals surface area contributed by atoms with Gasteiger partial charge in [0.15, 0.2) is 5.82 Å². The molecule has 0 atom stereocenters. The molecule has 4 rings (SSSR count). The van der Waals surface area contributed by atoms with Gasteiger partial charge in [-0.3, -0.25) is 14.3 Å². The molecule has 0 saturated heterocycles. The van der Waals surface area contributed by atoms with Gasteiger partial charge < -0.3 is 5.32 Å². The summed E-state index contributed by atoms with van der Waals surface area (Å²) >= 11 is 0. The maximum atomic E-state index is 13.5. The standard InChI is InChI=1S/C21H17FN4O/c1-14-11-16(7-8-17(14)22)24-20-21(27)26(13-15-5-3-2-4-6-15)19-12-23-10-9-18(19)25-20/h2-12H,13H2,1H3,(H,24,25). The molecule has 0 unspecified atom stereocenters. The molecule has 2 heterocycles. The van der Waals surface area contributed by atoms with Crippen molar-refractivity contribution in [2.75, 3.05) is 5.32 Å². The summed E-state index contributed by atoms with van der Waals surface area (Å²) in [6.07, 6.45) is 3.27. The number of anilines is 2. The highest BCUT2D eigenvalue weighted by atomic mass is 19.1. The van der Waals surface area contributed by atoms with Crippen molar-refractivity contribution in [3.63, 3.8) is 0 Å². The molecule has 134 valence electrons. The summed E-state index contributed by atoms with van der Waals surface area (Å²) in [6, 6.07) is 16.1. The number of fused-ring (bicyclic) bond motifs is 1. The van der Waals surface area contributed by atoms with Crippen LogP contribution >= 0.6 is 0 Å². The number of nitrogens with zero attached hydrogens (tertiary/aromatic N) is 3. The summed E-state index contributed by atoms with van der Waals surface area (Å²) in [4.78, 5) is 21.7. The third-order valence-corrected chi connectivity index (χ3v) is 4.35. The number of halogens is 1. The lowest BCUT2D eigenvalue weighted by molar-refractivity contribution is 0.619. The molecular formula is C21H17FN4O. The maximum Gasteiger partial charge on any atom is 0.294 e. The van der Waals surface area contributed by atoms with Gasteiger partial charge in [0, 0.05) is 11.9 Å². The number of nitrogens with one attached hydrogen (secondary N) is 1. The molecule has 2 aromatic heterocycles. The number of hydrogen-bond acceptors (Lipinski definition) is 4. The lowest BCUT2D eigenvalue weighted by atomic mass is 10.2. The van der Waals surface area contributed by atoms with Gasteiger partial charge in [-0.1, -0.05) is 30.3 Å². The van der Waals surface area contributed by atoms with Gasteiger partial charge in [-0.2, -0.15) is 0 Å². The van der Waals surface area contributed by atoms with Crippen molar-refractivity contribution in [2.24, 2.45) is 0 Å². The summed E-state index contributed by atoms with van der Waals surface area (Å²) < 4.78 is 15.2. The Labute approximate surface area is 155 Å². The molecule has 2 aromatic carbocycles. The Bertz CT molecular complexity index is 1170. The molecule has 1 N–H and O–H groups in total. The Balaban J connectivity index is 1.82. The fraction of sp³-hybridized carbons (Fsp3) is 0.0952. The highest BCUT2D eigenvalue weighted by Gasteiger charge is 2.12. The van der Waals surface area contributed by atoms with Crippen molar-refractivity contribution in [3.8, 4) is 0 Å². The van der Waals surface area contributed by atoms with Gasteiger partial charge in [-0.05, 0) is 42.3 Å². The fourth-order valence-corrected chi connectivity index (χ4v) is 2.95. The molecule has 0 aliphatic carbocycles. The van der Waals surface area contributed by atoms with Crippen LogP contribution in [0.15, 0.2) is 71.8 Å². The predicted molar refractivity (Wildman–Crippen MR) is 104 cm³/mol. The molecule has 0 spiro atoms. The van der Waals surface area contributed by atoms with E-state index in [1.165, 1.54) is 6.07 Å². The van der Waals surface area contributed by atoms with Gasteiger partial charge in [0.1, 0.15) is 5.82 Å². The zero-order chi connectivity index (χ0) is 18.8. The van der Waals surface area contributed by atoms with Crippen LogP contribution in [0.25, 0.3) is 11.0 Å². The SMILES string of the molecule is Cc1cc(Nc2nc3ccncc3n(Cc3ccccc3)c2=O)ccc1F. The van der Waals surface area contributed by atoms with Crippen LogP contribution in [0.4, 0.5) is 15.9 Å².